The zero-order chi connectivity index (χ0) is 18.2. The summed E-state index contributed by atoms with van der Waals surface area (Å²) in [4.78, 5) is 8.26. The van der Waals surface area contributed by atoms with Gasteiger partial charge in [0.2, 0.25) is 0 Å². The second-order valence-corrected chi connectivity index (χ2v) is 7.79. The van der Waals surface area contributed by atoms with Gasteiger partial charge in [-0.2, -0.15) is 0 Å². The van der Waals surface area contributed by atoms with Crippen LogP contribution >= 0.6 is 35.3 Å². The summed E-state index contributed by atoms with van der Waals surface area (Å²) in [6, 6.07) is 11.0. The van der Waals surface area contributed by atoms with Crippen molar-refractivity contribution in [1.29, 1.82) is 0 Å². The highest BCUT2D eigenvalue weighted by molar-refractivity contribution is 14.0. The van der Waals surface area contributed by atoms with Gasteiger partial charge in [0.05, 0.1) is 0 Å². The number of hydrogen-bond acceptors (Lipinski definition) is 3. The number of nitrogens with zero attached hydrogens (tertiary/aromatic N) is 2. The second-order valence-electron chi connectivity index (χ2n) is 6.76. The fourth-order valence-electron chi connectivity index (χ4n) is 3.38. The largest absolute Gasteiger partial charge is 0.356 e. The summed E-state index contributed by atoms with van der Waals surface area (Å²) in [6.45, 7) is 4.82. The number of halogens is 2. The van der Waals surface area contributed by atoms with Crippen LogP contribution in [0, 0.1) is 11.7 Å². The Morgan fingerprint density at radius 2 is 2.19 bits per heavy atom. The van der Waals surface area contributed by atoms with Crippen LogP contribution in [0.1, 0.15) is 23.3 Å². The highest BCUT2D eigenvalue weighted by atomic mass is 127. The third-order valence-corrected chi connectivity index (χ3v) is 5.55. The molecule has 2 N–H and O–H groups in total. The zero-order valence-electron chi connectivity index (χ0n) is 15.7. The second kappa shape index (κ2) is 11.6. The van der Waals surface area contributed by atoms with Gasteiger partial charge in [0.15, 0.2) is 5.96 Å². The van der Waals surface area contributed by atoms with Gasteiger partial charge in [-0.15, -0.1) is 35.3 Å². The topological polar surface area (TPSA) is 39.7 Å². The maximum atomic E-state index is 13.3. The molecule has 2 aromatic rings. The van der Waals surface area contributed by atoms with Gasteiger partial charge >= 0.3 is 0 Å². The van der Waals surface area contributed by atoms with E-state index in [1.54, 1.807) is 19.2 Å². The maximum absolute atomic E-state index is 13.3. The van der Waals surface area contributed by atoms with Crippen molar-refractivity contribution in [2.45, 2.75) is 25.9 Å². The third kappa shape index (κ3) is 7.38. The molecule has 27 heavy (non-hydrogen) atoms. The van der Waals surface area contributed by atoms with Gasteiger partial charge in [0.25, 0.3) is 0 Å². The first-order valence-electron chi connectivity index (χ1n) is 9.16. The van der Waals surface area contributed by atoms with Crippen LogP contribution in [0.2, 0.25) is 0 Å². The lowest BCUT2D eigenvalue weighted by molar-refractivity contribution is 0.169. The lowest BCUT2D eigenvalue weighted by Gasteiger charge is -2.32. The Kier molecular flexibility index (Phi) is 9.50. The smallest absolute Gasteiger partial charge is 0.191 e. The van der Waals surface area contributed by atoms with E-state index in [-0.39, 0.29) is 29.8 Å². The van der Waals surface area contributed by atoms with Crippen LogP contribution in [0.25, 0.3) is 0 Å². The molecule has 1 saturated heterocycles. The number of benzene rings is 1. The number of aliphatic imine (C=N–C) groups is 1. The van der Waals surface area contributed by atoms with E-state index in [0.717, 1.165) is 31.2 Å². The molecule has 0 radical (unpaired) electrons. The van der Waals surface area contributed by atoms with E-state index in [1.807, 2.05) is 17.4 Å². The average molecular weight is 502 g/mol. The molecule has 7 heteroatoms. The highest BCUT2D eigenvalue weighted by Gasteiger charge is 2.20. The van der Waals surface area contributed by atoms with Crippen molar-refractivity contribution in [3.63, 3.8) is 0 Å². The number of rotatable bonds is 6. The van der Waals surface area contributed by atoms with E-state index >= 15 is 0 Å². The number of thiophene rings is 1. The first-order chi connectivity index (χ1) is 12.7. The molecule has 148 valence electrons. The molecule has 0 saturated carbocycles. The van der Waals surface area contributed by atoms with E-state index in [0.29, 0.717) is 12.5 Å². The third-order valence-electron chi connectivity index (χ3n) is 4.69. The summed E-state index contributed by atoms with van der Waals surface area (Å²) >= 11 is 1.83. The molecule has 1 aromatic heterocycles. The SMILES string of the molecule is CN=C(NCc1cccc(F)c1)NCC1CCCN(Cc2cccs2)C1.I. The highest BCUT2D eigenvalue weighted by Crippen LogP contribution is 2.19. The Hall–Kier alpha value is -1.19. The first-order valence-corrected chi connectivity index (χ1v) is 10.0. The van der Waals surface area contributed by atoms with Crippen molar-refractivity contribution < 1.29 is 4.39 Å². The monoisotopic (exact) mass is 502 g/mol. The number of piperidine rings is 1. The molecule has 0 aliphatic carbocycles. The first kappa shape index (κ1) is 22.1. The molecule has 0 spiro atoms. The van der Waals surface area contributed by atoms with Crippen LogP contribution in [0.5, 0.6) is 0 Å². The predicted molar refractivity (Wildman–Crippen MR) is 122 cm³/mol. The summed E-state index contributed by atoms with van der Waals surface area (Å²) in [5, 5.41) is 8.83. The van der Waals surface area contributed by atoms with Crippen molar-refractivity contribution in [2.75, 3.05) is 26.7 Å². The lowest BCUT2D eigenvalue weighted by atomic mass is 9.98. The van der Waals surface area contributed by atoms with Gasteiger partial charge in [-0.05, 0) is 54.4 Å². The molecule has 3 rings (SSSR count). The fourth-order valence-corrected chi connectivity index (χ4v) is 4.12. The molecular formula is C20H28FIN4S. The molecule has 1 aliphatic rings. The van der Waals surface area contributed by atoms with Gasteiger partial charge in [0, 0.05) is 38.1 Å². The Bertz CT molecular complexity index is 708. The van der Waals surface area contributed by atoms with Gasteiger partial charge in [-0.1, -0.05) is 18.2 Å². The number of hydrogen-bond donors (Lipinski definition) is 2. The fraction of sp³-hybridized carbons (Fsp3) is 0.450. The molecule has 1 atom stereocenters. The van der Waals surface area contributed by atoms with E-state index < -0.39 is 0 Å². The quantitative estimate of drug-likeness (QED) is 0.355. The maximum Gasteiger partial charge on any atom is 0.191 e. The Morgan fingerprint density at radius 3 is 2.93 bits per heavy atom. The van der Waals surface area contributed by atoms with Gasteiger partial charge in [0.1, 0.15) is 5.82 Å². The minimum Gasteiger partial charge on any atom is -0.356 e. The minimum atomic E-state index is -0.208. The number of likely N-dealkylation sites (tertiary alicyclic amines) is 1. The average Bonchev–Trinajstić information content (AvgIpc) is 3.15. The predicted octanol–water partition coefficient (Wildman–Crippen LogP) is 4.08. The number of guanidine groups is 1. The molecule has 0 bridgehead atoms. The van der Waals surface area contributed by atoms with E-state index in [9.17, 15) is 4.39 Å². The van der Waals surface area contributed by atoms with Gasteiger partial charge in [-0.3, -0.25) is 9.89 Å². The molecule has 1 aromatic carbocycles. The summed E-state index contributed by atoms with van der Waals surface area (Å²) in [5.74, 6) is 1.18. The lowest BCUT2D eigenvalue weighted by Crippen LogP contribution is -2.44. The van der Waals surface area contributed by atoms with E-state index in [4.69, 9.17) is 0 Å². The van der Waals surface area contributed by atoms with Crippen molar-refractivity contribution >= 4 is 41.3 Å². The molecule has 1 aliphatic heterocycles. The summed E-state index contributed by atoms with van der Waals surface area (Å²) in [7, 11) is 1.77. The van der Waals surface area contributed by atoms with Crippen molar-refractivity contribution in [2.24, 2.45) is 10.9 Å². The normalized spacial score (nSPS) is 18.0. The Morgan fingerprint density at radius 1 is 1.30 bits per heavy atom. The summed E-state index contributed by atoms with van der Waals surface area (Å²) in [5.41, 5.74) is 0.910. The molecule has 1 fully saturated rings. The van der Waals surface area contributed by atoms with Crippen molar-refractivity contribution in [1.82, 2.24) is 15.5 Å². The van der Waals surface area contributed by atoms with Crippen molar-refractivity contribution in [3.05, 3.63) is 58.0 Å². The summed E-state index contributed by atoms with van der Waals surface area (Å²) < 4.78 is 13.3. The van der Waals surface area contributed by atoms with Crippen LogP contribution in [-0.4, -0.2) is 37.5 Å². The minimum absolute atomic E-state index is 0. The molecule has 1 unspecified atom stereocenters. The Balaban J connectivity index is 0.00000261. The van der Waals surface area contributed by atoms with Crippen LogP contribution in [0.15, 0.2) is 46.8 Å². The van der Waals surface area contributed by atoms with Gasteiger partial charge < -0.3 is 10.6 Å². The van der Waals surface area contributed by atoms with Crippen LogP contribution in [0.4, 0.5) is 4.39 Å². The zero-order valence-corrected chi connectivity index (χ0v) is 18.8. The van der Waals surface area contributed by atoms with Crippen molar-refractivity contribution in [3.8, 4) is 0 Å². The van der Waals surface area contributed by atoms with E-state index in [1.165, 1.54) is 30.3 Å². The van der Waals surface area contributed by atoms with E-state index in [2.05, 4.69) is 38.0 Å². The standard InChI is InChI=1S/C20H27FN4S.HI/c1-22-20(23-12-16-5-2-7-18(21)11-16)24-13-17-6-3-9-25(14-17)15-19-8-4-10-26-19;/h2,4-5,7-8,10-11,17H,3,6,9,12-15H2,1H3,(H2,22,23,24);1H. The molecule has 0 amide bonds. The number of nitrogens with one attached hydrogen (secondary N) is 2. The Labute approximate surface area is 182 Å². The van der Waals surface area contributed by atoms with Crippen LogP contribution in [-0.2, 0) is 13.1 Å². The molecular weight excluding hydrogens is 474 g/mol. The molecule has 2 heterocycles. The molecule has 4 nitrogen and oxygen atoms in total. The van der Waals surface area contributed by atoms with Crippen LogP contribution < -0.4 is 10.6 Å². The van der Waals surface area contributed by atoms with Gasteiger partial charge in [-0.25, -0.2) is 4.39 Å². The van der Waals surface area contributed by atoms with Crippen LogP contribution in [0.3, 0.4) is 0 Å². The summed E-state index contributed by atoms with van der Waals surface area (Å²) in [6.07, 6.45) is 2.49.